The van der Waals surface area contributed by atoms with Gasteiger partial charge in [0.2, 0.25) is 0 Å². The van der Waals surface area contributed by atoms with Crippen molar-refractivity contribution in [1.29, 1.82) is 0 Å². The zero-order valence-corrected chi connectivity index (χ0v) is 22.9. The van der Waals surface area contributed by atoms with E-state index in [1.54, 1.807) is 6.08 Å². The van der Waals surface area contributed by atoms with Crippen LogP contribution in [0.25, 0.3) is 0 Å². The summed E-state index contributed by atoms with van der Waals surface area (Å²) in [4.78, 5) is 21.6. The summed E-state index contributed by atoms with van der Waals surface area (Å²) in [6.07, 6.45) is 36.5. The number of hydrogen-bond acceptors (Lipinski definition) is 2. The normalized spacial score (nSPS) is 12.6. The zero-order valence-electron chi connectivity index (χ0n) is 22.9. The molecule has 204 valence electrons. The highest BCUT2D eigenvalue weighted by molar-refractivity contribution is 5.77. The van der Waals surface area contributed by atoms with Crippen molar-refractivity contribution >= 4 is 11.9 Å². The second-order valence-corrected chi connectivity index (χ2v) is 10.2. The van der Waals surface area contributed by atoms with Gasteiger partial charge >= 0.3 is 11.9 Å². The summed E-state index contributed by atoms with van der Waals surface area (Å²) < 4.78 is 0. The molecule has 4 nitrogen and oxygen atoms in total. The Balaban J connectivity index is 3.30. The predicted octanol–water partition coefficient (Wildman–Crippen LogP) is 9.88. The third-order valence-corrected chi connectivity index (χ3v) is 6.80. The van der Waals surface area contributed by atoms with Gasteiger partial charge in [-0.05, 0) is 19.3 Å². The fourth-order valence-corrected chi connectivity index (χ4v) is 4.50. The van der Waals surface area contributed by atoms with Gasteiger partial charge in [-0.3, -0.25) is 9.59 Å². The van der Waals surface area contributed by atoms with Crippen molar-refractivity contribution in [2.75, 3.05) is 0 Å². The first-order valence-electron chi connectivity index (χ1n) is 14.8. The first-order valence-corrected chi connectivity index (χ1v) is 14.8. The van der Waals surface area contributed by atoms with Crippen molar-refractivity contribution in [3.8, 4) is 0 Å². The summed E-state index contributed by atoms with van der Waals surface area (Å²) in [7, 11) is 0. The first-order chi connectivity index (χ1) is 17.1. The van der Waals surface area contributed by atoms with Gasteiger partial charge in [0.05, 0.1) is 12.3 Å². The molecule has 0 aromatic heterocycles. The molecule has 0 fully saturated rings. The van der Waals surface area contributed by atoms with Crippen molar-refractivity contribution in [3.63, 3.8) is 0 Å². The fraction of sp³-hybridized carbons (Fsp3) is 0.806. The average Bonchev–Trinajstić information content (AvgIpc) is 2.83. The molecule has 0 aromatic carbocycles. The van der Waals surface area contributed by atoms with E-state index in [1.807, 2.05) is 12.2 Å². The van der Waals surface area contributed by atoms with Crippen LogP contribution in [0.4, 0.5) is 0 Å². The van der Waals surface area contributed by atoms with Crippen LogP contribution in [0, 0.1) is 5.92 Å². The molecule has 1 unspecified atom stereocenters. The van der Waals surface area contributed by atoms with Crippen molar-refractivity contribution in [3.05, 3.63) is 24.3 Å². The van der Waals surface area contributed by atoms with E-state index in [1.165, 1.54) is 128 Å². The van der Waals surface area contributed by atoms with Crippen LogP contribution in [-0.4, -0.2) is 22.2 Å². The summed E-state index contributed by atoms with van der Waals surface area (Å²) in [6, 6.07) is 0. The molecule has 0 heterocycles. The Morgan fingerprint density at radius 1 is 0.571 bits per heavy atom. The van der Waals surface area contributed by atoms with Gasteiger partial charge in [-0.2, -0.15) is 0 Å². The molecule has 35 heavy (non-hydrogen) atoms. The van der Waals surface area contributed by atoms with Crippen LogP contribution in [0.5, 0.6) is 0 Å². The summed E-state index contributed by atoms with van der Waals surface area (Å²) in [5, 5.41) is 17.7. The summed E-state index contributed by atoms with van der Waals surface area (Å²) >= 11 is 0. The van der Waals surface area contributed by atoms with E-state index >= 15 is 0 Å². The lowest BCUT2D eigenvalue weighted by molar-refractivity contribution is -0.148. The molecule has 0 amide bonds. The number of allylic oxidation sites excluding steroid dienone is 4. The highest BCUT2D eigenvalue weighted by Crippen LogP contribution is 2.15. The number of carboxylic acid groups (broad SMARTS) is 2. The molecular formula is C31H56O4. The largest absolute Gasteiger partial charge is 0.481 e. The minimum atomic E-state index is -1.07. The minimum Gasteiger partial charge on any atom is -0.481 e. The Kier molecular flexibility index (Phi) is 25.8. The topological polar surface area (TPSA) is 74.6 Å². The van der Waals surface area contributed by atoms with Gasteiger partial charge in [0.1, 0.15) is 0 Å². The predicted molar refractivity (Wildman–Crippen MR) is 149 cm³/mol. The van der Waals surface area contributed by atoms with Gasteiger partial charge < -0.3 is 10.2 Å². The lowest BCUT2D eigenvalue weighted by Crippen LogP contribution is -2.16. The molecule has 4 heteroatoms. The van der Waals surface area contributed by atoms with E-state index in [-0.39, 0.29) is 12.8 Å². The van der Waals surface area contributed by atoms with Gasteiger partial charge in [-0.1, -0.05) is 153 Å². The number of carbonyl (C=O) groups is 2. The number of rotatable bonds is 27. The number of hydrogen-bond donors (Lipinski definition) is 2. The maximum Gasteiger partial charge on any atom is 0.307 e. The summed E-state index contributed by atoms with van der Waals surface area (Å²) in [6.45, 7) is 2.28. The van der Waals surface area contributed by atoms with Gasteiger partial charge in [0.15, 0.2) is 0 Å². The molecule has 0 aliphatic rings. The molecule has 0 saturated heterocycles. The van der Waals surface area contributed by atoms with E-state index in [9.17, 15) is 9.59 Å². The molecular weight excluding hydrogens is 436 g/mol. The van der Waals surface area contributed by atoms with Crippen LogP contribution in [0.2, 0.25) is 0 Å². The van der Waals surface area contributed by atoms with Crippen LogP contribution >= 0.6 is 0 Å². The summed E-state index contributed by atoms with van der Waals surface area (Å²) in [5.74, 6) is -2.96. The Hall–Kier alpha value is -1.58. The van der Waals surface area contributed by atoms with Crippen molar-refractivity contribution in [2.24, 2.45) is 5.92 Å². The van der Waals surface area contributed by atoms with Crippen LogP contribution in [0.1, 0.15) is 155 Å². The van der Waals surface area contributed by atoms with E-state index in [4.69, 9.17) is 10.2 Å². The number of unbranched alkanes of at least 4 members (excludes halogenated alkanes) is 20. The quantitative estimate of drug-likeness (QED) is 0.0883. The first kappa shape index (κ1) is 33.4. The minimum absolute atomic E-state index is 0.255. The maximum absolute atomic E-state index is 11.0. The molecule has 0 aliphatic heterocycles. The van der Waals surface area contributed by atoms with Gasteiger partial charge in [0.25, 0.3) is 0 Å². The van der Waals surface area contributed by atoms with Crippen molar-refractivity contribution < 1.29 is 19.8 Å². The third-order valence-electron chi connectivity index (χ3n) is 6.80. The molecule has 0 aromatic rings. The highest BCUT2D eigenvalue weighted by atomic mass is 16.4. The Bertz CT molecular complexity index is 538. The van der Waals surface area contributed by atoms with E-state index in [0.29, 0.717) is 0 Å². The van der Waals surface area contributed by atoms with E-state index in [2.05, 4.69) is 13.0 Å². The lowest BCUT2D eigenvalue weighted by Gasteiger charge is -2.05. The Morgan fingerprint density at radius 3 is 1.31 bits per heavy atom. The second-order valence-electron chi connectivity index (χ2n) is 10.2. The van der Waals surface area contributed by atoms with Gasteiger partial charge in [-0.25, -0.2) is 0 Å². The summed E-state index contributed by atoms with van der Waals surface area (Å²) in [5.41, 5.74) is 0. The van der Waals surface area contributed by atoms with Crippen LogP contribution < -0.4 is 0 Å². The highest BCUT2D eigenvalue weighted by Gasteiger charge is 2.18. The Labute approximate surface area is 216 Å². The molecule has 1 atom stereocenters. The third kappa shape index (κ3) is 26.9. The fourth-order valence-electron chi connectivity index (χ4n) is 4.50. The molecule has 0 radical (unpaired) electrons. The zero-order chi connectivity index (χ0) is 25.8. The SMILES string of the molecule is CCCCCCCCCCCCCCCCCCCCCC/C=C/C=C/CC(CC(=O)O)C(=O)O. The molecule has 0 spiro atoms. The van der Waals surface area contributed by atoms with Gasteiger partial charge in [0, 0.05) is 0 Å². The Morgan fingerprint density at radius 2 is 0.943 bits per heavy atom. The van der Waals surface area contributed by atoms with Gasteiger partial charge in [-0.15, -0.1) is 0 Å². The maximum atomic E-state index is 11.0. The van der Waals surface area contributed by atoms with Crippen LogP contribution in [0.15, 0.2) is 24.3 Å². The van der Waals surface area contributed by atoms with Crippen LogP contribution in [0.3, 0.4) is 0 Å². The standard InChI is InChI=1S/C31H56O4/c1-2-3-4-5-6-7-8-9-10-11-12-13-14-15-16-17-18-19-20-21-22-23-24-25-26-27-29(31(34)35)28-30(32)33/h23-26,29H,2-22,27-28H2,1H3,(H,32,33)(H,34,35)/b24-23+,26-25+. The molecule has 2 N–H and O–H groups in total. The smallest absolute Gasteiger partial charge is 0.307 e. The van der Waals surface area contributed by atoms with Crippen molar-refractivity contribution in [2.45, 2.75) is 155 Å². The van der Waals surface area contributed by atoms with Crippen molar-refractivity contribution in [1.82, 2.24) is 0 Å². The molecule has 0 saturated carbocycles. The molecule has 0 bridgehead atoms. The monoisotopic (exact) mass is 492 g/mol. The van der Waals surface area contributed by atoms with Crippen LogP contribution in [-0.2, 0) is 9.59 Å². The number of carboxylic acids is 2. The van der Waals surface area contributed by atoms with E-state index < -0.39 is 17.9 Å². The van der Waals surface area contributed by atoms with E-state index in [0.717, 1.165) is 6.42 Å². The molecule has 0 rings (SSSR count). The molecule has 0 aliphatic carbocycles. The lowest BCUT2D eigenvalue weighted by atomic mass is 10.0. The second kappa shape index (κ2) is 27.0. The average molecular weight is 493 g/mol. The number of aliphatic carboxylic acids is 2.